The molecule has 0 radical (unpaired) electrons. The molecule has 0 saturated carbocycles. The summed E-state index contributed by atoms with van der Waals surface area (Å²) in [7, 11) is 0. The topological polar surface area (TPSA) is 12.2 Å². The van der Waals surface area contributed by atoms with Gasteiger partial charge >= 0.3 is 0 Å². The Balaban J connectivity index is 1.68. The van der Waals surface area contributed by atoms with E-state index in [-0.39, 0.29) is 6.10 Å². The standard InChI is InChI=1S/C36H24NO/c1-2-12-24(13-3-1)37-33-20-10-11-21-35(33)38-36-23-32-30-19-9-7-17-28(30)26-15-5-4-14-25(26)27-16-6-8-18-29(27)31(32)22-34(36)37/h1-23,35H/q+1. The summed E-state index contributed by atoms with van der Waals surface area (Å²) in [5, 5.41) is 9.83. The minimum Gasteiger partial charge on any atom is -0.468 e. The van der Waals surface area contributed by atoms with Gasteiger partial charge in [0.25, 0.3) is 5.69 Å². The Morgan fingerprint density at radius 2 is 1.00 bits per heavy atom. The summed E-state index contributed by atoms with van der Waals surface area (Å²) in [6, 6.07) is 41.5. The van der Waals surface area contributed by atoms with E-state index in [1.807, 2.05) is 0 Å². The van der Waals surface area contributed by atoms with Gasteiger partial charge in [-0.2, -0.15) is 4.58 Å². The number of allylic oxidation sites excluding steroid dienone is 2. The Hall–Kier alpha value is -4.95. The van der Waals surface area contributed by atoms with Gasteiger partial charge < -0.3 is 4.74 Å². The van der Waals surface area contributed by atoms with Crippen molar-refractivity contribution in [3.8, 4) is 5.75 Å². The largest absolute Gasteiger partial charge is 0.468 e. The Morgan fingerprint density at radius 3 is 1.58 bits per heavy atom. The molecule has 0 bridgehead atoms. The third kappa shape index (κ3) is 3.10. The van der Waals surface area contributed by atoms with Gasteiger partial charge in [0.1, 0.15) is 0 Å². The van der Waals surface area contributed by atoms with Crippen molar-refractivity contribution in [2.45, 2.75) is 6.10 Å². The third-order valence-electron chi connectivity index (χ3n) is 7.76. The Kier molecular flexibility index (Phi) is 4.62. The van der Waals surface area contributed by atoms with Gasteiger partial charge in [0.2, 0.25) is 17.5 Å². The van der Waals surface area contributed by atoms with Gasteiger partial charge in [0.15, 0.2) is 5.75 Å². The summed E-state index contributed by atoms with van der Waals surface area (Å²) < 4.78 is 9.03. The van der Waals surface area contributed by atoms with Crippen LogP contribution < -0.4 is 9.31 Å². The molecule has 38 heavy (non-hydrogen) atoms. The number of benzene rings is 5. The van der Waals surface area contributed by atoms with Crippen LogP contribution in [0.15, 0.2) is 140 Å². The first kappa shape index (κ1) is 21.2. The molecule has 2 heteroatoms. The molecule has 0 aromatic heterocycles. The number of ether oxygens (including phenoxy) is 1. The zero-order chi connectivity index (χ0) is 25.1. The molecule has 5 aromatic rings. The van der Waals surface area contributed by atoms with Crippen molar-refractivity contribution in [2.75, 3.05) is 0 Å². The number of rotatable bonds is 1. The maximum atomic E-state index is 6.68. The van der Waals surface area contributed by atoms with Crippen LogP contribution >= 0.6 is 0 Å². The highest BCUT2D eigenvalue weighted by atomic mass is 16.5. The lowest BCUT2D eigenvalue weighted by Gasteiger charge is -2.24. The molecular formula is C36H24NO+. The van der Waals surface area contributed by atoms with Crippen LogP contribution in [0.4, 0.5) is 11.4 Å². The van der Waals surface area contributed by atoms with Crippen LogP contribution in [0.5, 0.6) is 5.75 Å². The lowest BCUT2D eigenvalue weighted by molar-refractivity contribution is 0.303. The molecule has 5 aromatic carbocycles. The van der Waals surface area contributed by atoms with Gasteiger partial charge in [-0.15, -0.1) is 0 Å². The first-order valence-corrected chi connectivity index (χ1v) is 13.1. The monoisotopic (exact) mass is 486 g/mol. The lowest BCUT2D eigenvalue weighted by Crippen LogP contribution is -2.36. The van der Waals surface area contributed by atoms with E-state index >= 15 is 0 Å². The molecule has 0 saturated heterocycles. The van der Waals surface area contributed by atoms with Gasteiger partial charge in [0.05, 0.1) is 0 Å². The quantitative estimate of drug-likeness (QED) is 0.222. The molecular weight excluding hydrogens is 462 g/mol. The second-order valence-electron chi connectivity index (χ2n) is 9.88. The van der Waals surface area contributed by atoms with Crippen molar-refractivity contribution in [1.29, 1.82) is 0 Å². The Bertz CT molecular complexity index is 2270. The first-order valence-electron chi connectivity index (χ1n) is 13.1. The van der Waals surface area contributed by atoms with E-state index in [1.54, 1.807) is 0 Å². The third-order valence-corrected chi connectivity index (χ3v) is 7.76. The second-order valence-corrected chi connectivity index (χ2v) is 9.88. The van der Waals surface area contributed by atoms with E-state index < -0.39 is 0 Å². The number of para-hydroxylation sites is 1. The van der Waals surface area contributed by atoms with E-state index in [0.717, 1.165) is 22.8 Å². The maximum absolute atomic E-state index is 6.68. The second kappa shape index (κ2) is 8.29. The molecule has 1 aliphatic heterocycles. The Morgan fingerprint density at radius 1 is 0.500 bits per heavy atom. The van der Waals surface area contributed by atoms with Gasteiger partial charge in [-0.3, -0.25) is 0 Å². The fourth-order valence-electron chi connectivity index (χ4n) is 6.10. The maximum Gasteiger partial charge on any atom is 0.254 e. The summed E-state index contributed by atoms with van der Waals surface area (Å²) in [6.07, 6.45) is 8.31. The molecule has 1 atom stereocenters. The molecule has 2 nitrogen and oxygen atoms in total. The number of nitrogens with zero attached hydrogens (tertiary/aromatic N) is 1. The first-order chi connectivity index (χ1) is 18.9. The number of hydrogen-bond donors (Lipinski definition) is 0. The lowest BCUT2D eigenvalue weighted by atomic mass is 10.00. The summed E-state index contributed by atoms with van der Waals surface area (Å²) in [5.41, 5.74) is 3.31. The SMILES string of the molecule is C1=CC2=[N+](c3ccccc3)c3cc4c(cc3OC2C=C1)=c1ccccc1=c1ccccc1=c1ccccc1=4. The van der Waals surface area contributed by atoms with Crippen LogP contribution in [0.25, 0.3) is 0 Å². The summed E-state index contributed by atoms with van der Waals surface area (Å²) in [4.78, 5) is 0. The minimum absolute atomic E-state index is 0.137. The fourth-order valence-corrected chi connectivity index (χ4v) is 6.10. The summed E-state index contributed by atoms with van der Waals surface area (Å²) >= 11 is 0. The van der Waals surface area contributed by atoms with Crippen LogP contribution in [0.1, 0.15) is 0 Å². The van der Waals surface area contributed by atoms with Gasteiger partial charge in [-0.1, -0.05) is 103 Å². The van der Waals surface area contributed by atoms with Crippen LogP contribution in [-0.4, -0.2) is 11.8 Å². The average Bonchev–Trinajstić information content (AvgIpc) is 2.99. The molecule has 0 spiro atoms. The van der Waals surface area contributed by atoms with Gasteiger partial charge in [-0.25, -0.2) is 0 Å². The highest BCUT2D eigenvalue weighted by Crippen LogP contribution is 2.37. The highest BCUT2D eigenvalue weighted by molar-refractivity contribution is 6.06. The predicted molar refractivity (Wildman–Crippen MR) is 152 cm³/mol. The van der Waals surface area contributed by atoms with E-state index in [9.17, 15) is 0 Å². The fraction of sp³-hybridized carbons (Fsp3) is 0.0278. The van der Waals surface area contributed by atoms with E-state index in [0.29, 0.717) is 0 Å². The van der Waals surface area contributed by atoms with Crippen molar-refractivity contribution in [3.63, 3.8) is 0 Å². The molecule has 178 valence electrons. The zero-order valence-corrected chi connectivity index (χ0v) is 20.7. The van der Waals surface area contributed by atoms with Gasteiger partial charge in [-0.05, 0) is 53.9 Å². The van der Waals surface area contributed by atoms with Crippen molar-refractivity contribution in [3.05, 3.63) is 181 Å². The molecule has 3 aliphatic rings. The van der Waals surface area contributed by atoms with E-state index in [4.69, 9.17) is 4.74 Å². The zero-order valence-electron chi connectivity index (χ0n) is 20.7. The average molecular weight is 487 g/mol. The van der Waals surface area contributed by atoms with Crippen molar-refractivity contribution in [2.24, 2.45) is 0 Å². The summed E-state index contributed by atoms with van der Waals surface area (Å²) in [6.45, 7) is 0. The predicted octanol–water partition coefficient (Wildman–Crippen LogP) is 7.31. The summed E-state index contributed by atoms with van der Waals surface area (Å²) in [5.74, 6) is 0.891. The van der Waals surface area contributed by atoms with Crippen molar-refractivity contribution < 1.29 is 4.74 Å². The van der Waals surface area contributed by atoms with E-state index in [2.05, 4.69) is 144 Å². The van der Waals surface area contributed by atoms with Crippen LogP contribution in [0.3, 0.4) is 0 Å². The van der Waals surface area contributed by atoms with Crippen LogP contribution in [0, 0.1) is 41.7 Å². The molecule has 8 rings (SSSR count). The van der Waals surface area contributed by atoms with Crippen LogP contribution in [-0.2, 0) is 0 Å². The number of hydrogen-bond acceptors (Lipinski definition) is 1. The number of fused-ring (bicyclic) bond motifs is 6. The van der Waals surface area contributed by atoms with Crippen molar-refractivity contribution in [1.82, 2.24) is 4.58 Å². The Labute approximate surface area is 219 Å². The molecule has 0 N–H and O–H groups in total. The van der Waals surface area contributed by atoms with Crippen molar-refractivity contribution >= 4 is 17.1 Å². The van der Waals surface area contributed by atoms with Gasteiger partial charge in [0, 0.05) is 24.3 Å². The normalized spacial score (nSPS) is 16.1. The molecule has 2 aliphatic carbocycles. The molecule has 0 fully saturated rings. The smallest absolute Gasteiger partial charge is 0.254 e. The molecule has 1 unspecified atom stereocenters. The van der Waals surface area contributed by atoms with E-state index in [1.165, 1.54) is 41.7 Å². The highest BCUT2D eigenvalue weighted by Gasteiger charge is 2.35. The van der Waals surface area contributed by atoms with Crippen LogP contribution in [0.2, 0.25) is 0 Å². The molecule has 0 amide bonds. The minimum atomic E-state index is -0.137. The molecule has 1 heterocycles.